The van der Waals surface area contributed by atoms with E-state index >= 15 is 0 Å². The van der Waals surface area contributed by atoms with Crippen molar-refractivity contribution in [2.24, 2.45) is 5.92 Å². The summed E-state index contributed by atoms with van der Waals surface area (Å²) >= 11 is 0. The van der Waals surface area contributed by atoms with Crippen molar-refractivity contribution in [3.63, 3.8) is 0 Å². The lowest BCUT2D eigenvalue weighted by molar-refractivity contribution is -0.140. The second-order valence-corrected chi connectivity index (χ2v) is 8.90. The van der Waals surface area contributed by atoms with Crippen LogP contribution in [0.15, 0.2) is 42.0 Å². The fourth-order valence-corrected chi connectivity index (χ4v) is 4.09. The van der Waals surface area contributed by atoms with Gasteiger partial charge in [-0.15, -0.1) is 0 Å². The summed E-state index contributed by atoms with van der Waals surface area (Å²) in [6.45, 7) is 8.81. The smallest absolute Gasteiger partial charge is 0.295 e. The van der Waals surface area contributed by atoms with Gasteiger partial charge in [-0.1, -0.05) is 26.0 Å². The van der Waals surface area contributed by atoms with Crippen LogP contribution >= 0.6 is 0 Å². The Hall–Kier alpha value is -3.32. The Kier molecular flexibility index (Phi) is 7.99. The first-order valence-corrected chi connectivity index (χ1v) is 11.3. The van der Waals surface area contributed by atoms with Crippen molar-refractivity contribution in [1.29, 1.82) is 0 Å². The summed E-state index contributed by atoms with van der Waals surface area (Å²) < 4.78 is 16.4. The molecule has 3 rings (SSSR count). The lowest BCUT2D eigenvalue weighted by Crippen LogP contribution is -2.32. The van der Waals surface area contributed by atoms with E-state index in [1.165, 1.54) is 12.0 Å². The van der Waals surface area contributed by atoms with Crippen molar-refractivity contribution in [2.75, 3.05) is 34.0 Å². The zero-order valence-corrected chi connectivity index (χ0v) is 20.7. The topological polar surface area (TPSA) is 85.3 Å². The molecule has 1 amide bonds. The number of rotatable bonds is 9. The minimum atomic E-state index is -0.764. The van der Waals surface area contributed by atoms with Crippen molar-refractivity contribution in [1.82, 2.24) is 4.90 Å². The summed E-state index contributed by atoms with van der Waals surface area (Å²) in [4.78, 5) is 27.7. The average molecular weight is 468 g/mol. The molecule has 2 aromatic rings. The number of aliphatic hydroxyl groups excluding tert-OH is 1. The third kappa shape index (κ3) is 5.09. The van der Waals surface area contributed by atoms with E-state index in [0.717, 1.165) is 11.1 Å². The van der Waals surface area contributed by atoms with Gasteiger partial charge in [0.05, 0.1) is 31.9 Å². The van der Waals surface area contributed by atoms with Crippen LogP contribution in [0.2, 0.25) is 0 Å². The standard InChI is InChI=1S/C27H33NO6/c1-16(2)15-34-20-9-7-8-19(14-20)24-23(26(30)27(31)28(24)10-11-32-5)25(29)21-12-18(4)22(33-6)13-17(21)3/h7-9,12-14,16,24,29H,10-11,15H2,1-6H3/b25-23+. The Balaban J connectivity index is 2.16. The first-order valence-electron chi connectivity index (χ1n) is 11.3. The van der Waals surface area contributed by atoms with E-state index in [9.17, 15) is 14.7 Å². The van der Waals surface area contributed by atoms with Crippen LogP contribution < -0.4 is 9.47 Å². The maximum Gasteiger partial charge on any atom is 0.295 e. The number of aryl methyl sites for hydroxylation is 2. The molecule has 34 heavy (non-hydrogen) atoms. The van der Waals surface area contributed by atoms with E-state index in [1.807, 2.05) is 38.1 Å². The van der Waals surface area contributed by atoms with Crippen LogP contribution in [0.4, 0.5) is 0 Å². The zero-order valence-electron chi connectivity index (χ0n) is 20.7. The van der Waals surface area contributed by atoms with Crippen LogP contribution in [0.1, 0.15) is 42.1 Å². The number of hydrogen-bond donors (Lipinski definition) is 1. The minimum absolute atomic E-state index is 0.0507. The number of carbonyl (C=O) groups excluding carboxylic acids is 2. The van der Waals surface area contributed by atoms with Gasteiger partial charge in [0.25, 0.3) is 11.7 Å². The van der Waals surface area contributed by atoms with E-state index in [0.29, 0.717) is 35.2 Å². The number of ketones is 1. The van der Waals surface area contributed by atoms with E-state index in [4.69, 9.17) is 14.2 Å². The number of aliphatic hydroxyl groups is 1. The predicted octanol–water partition coefficient (Wildman–Crippen LogP) is 4.41. The van der Waals surface area contributed by atoms with Crippen LogP contribution in [-0.4, -0.2) is 55.7 Å². The Labute approximate surface area is 200 Å². The summed E-state index contributed by atoms with van der Waals surface area (Å²) in [5.41, 5.74) is 2.76. The number of methoxy groups -OCH3 is 2. The molecule has 1 fully saturated rings. The maximum absolute atomic E-state index is 13.2. The highest BCUT2D eigenvalue weighted by Gasteiger charge is 2.46. The SMILES string of the molecule is COCCN1C(=O)C(=O)/C(=C(/O)c2cc(C)c(OC)cc2C)C1c1cccc(OCC(C)C)c1. The molecule has 1 saturated heterocycles. The molecule has 1 heterocycles. The third-order valence-electron chi connectivity index (χ3n) is 5.83. The van der Waals surface area contributed by atoms with Crippen LogP contribution in [0.5, 0.6) is 11.5 Å². The van der Waals surface area contributed by atoms with Gasteiger partial charge < -0.3 is 24.2 Å². The van der Waals surface area contributed by atoms with E-state index in [1.54, 1.807) is 19.2 Å². The molecule has 0 bridgehead atoms. The molecule has 0 radical (unpaired) electrons. The quantitative estimate of drug-likeness (QED) is 0.334. The van der Waals surface area contributed by atoms with Gasteiger partial charge in [0.1, 0.15) is 17.3 Å². The molecule has 1 aliphatic heterocycles. The van der Waals surface area contributed by atoms with E-state index in [2.05, 4.69) is 13.8 Å². The van der Waals surface area contributed by atoms with Gasteiger partial charge in [0, 0.05) is 19.2 Å². The molecule has 1 aliphatic rings. The number of amides is 1. The summed E-state index contributed by atoms with van der Waals surface area (Å²) in [5.74, 6) is 0.0680. The maximum atomic E-state index is 13.2. The molecular formula is C27H33NO6. The van der Waals surface area contributed by atoms with Crippen molar-refractivity contribution >= 4 is 17.4 Å². The molecule has 1 atom stereocenters. The molecule has 7 heteroatoms. The molecular weight excluding hydrogens is 434 g/mol. The Morgan fingerprint density at radius 1 is 1.09 bits per heavy atom. The molecule has 0 aliphatic carbocycles. The zero-order chi connectivity index (χ0) is 25.0. The lowest BCUT2D eigenvalue weighted by Gasteiger charge is -2.25. The number of Topliss-reactive ketones (excluding diaryl/α,β-unsaturated/α-hetero) is 1. The highest BCUT2D eigenvalue weighted by atomic mass is 16.5. The van der Waals surface area contributed by atoms with Gasteiger partial charge in [-0.05, 0) is 60.7 Å². The summed E-state index contributed by atoms with van der Waals surface area (Å²) in [6.07, 6.45) is 0. The lowest BCUT2D eigenvalue weighted by atomic mass is 9.93. The van der Waals surface area contributed by atoms with Crippen molar-refractivity contribution in [2.45, 2.75) is 33.7 Å². The van der Waals surface area contributed by atoms with Gasteiger partial charge in [0.15, 0.2) is 0 Å². The second kappa shape index (κ2) is 10.7. The van der Waals surface area contributed by atoms with Crippen LogP contribution in [0.3, 0.4) is 0 Å². The Bertz CT molecular complexity index is 1100. The largest absolute Gasteiger partial charge is 0.507 e. The van der Waals surface area contributed by atoms with Crippen LogP contribution in [-0.2, 0) is 14.3 Å². The number of benzene rings is 2. The molecule has 1 N–H and O–H groups in total. The van der Waals surface area contributed by atoms with Crippen molar-refractivity contribution in [3.05, 3.63) is 64.2 Å². The van der Waals surface area contributed by atoms with Crippen molar-refractivity contribution < 1.29 is 28.9 Å². The molecule has 1 unspecified atom stereocenters. The molecule has 0 spiro atoms. The van der Waals surface area contributed by atoms with Gasteiger partial charge >= 0.3 is 0 Å². The van der Waals surface area contributed by atoms with Gasteiger partial charge in [-0.2, -0.15) is 0 Å². The van der Waals surface area contributed by atoms with Gasteiger partial charge in [0.2, 0.25) is 0 Å². The second-order valence-electron chi connectivity index (χ2n) is 8.90. The monoisotopic (exact) mass is 467 g/mol. The van der Waals surface area contributed by atoms with Gasteiger partial charge in [-0.25, -0.2) is 0 Å². The van der Waals surface area contributed by atoms with Crippen molar-refractivity contribution in [3.8, 4) is 11.5 Å². The number of nitrogens with zero attached hydrogens (tertiary/aromatic N) is 1. The van der Waals surface area contributed by atoms with Crippen LogP contribution in [0, 0.1) is 19.8 Å². The van der Waals surface area contributed by atoms with E-state index in [-0.39, 0.29) is 24.5 Å². The number of ether oxygens (including phenoxy) is 3. The fourth-order valence-electron chi connectivity index (χ4n) is 4.09. The summed E-state index contributed by atoms with van der Waals surface area (Å²) in [6, 6.07) is 10.1. The highest BCUT2D eigenvalue weighted by molar-refractivity contribution is 6.46. The van der Waals surface area contributed by atoms with Gasteiger partial charge in [-0.3, -0.25) is 9.59 Å². The highest BCUT2D eigenvalue weighted by Crippen LogP contribution is 2.41. The first kappa shape index (κ1) is 25.3. The summed E-state index contributed by atoms with van der Waals surface area (Å²) in [7, 11) is 3.12. The summed E-state index contributed by atoms with van der Waals surface area (Å²) in [5, 5.41) is 11.4. The Morgan fingerprint density at radius 3 is 2.47 bits per heavy atom. The molecule has 0 saturated carbocycles. The molecule has 7 nitrogen and oxygen atoms in total. The number of likely N-dealkylation sites (tertiary alicyclic amines) is 1. The first-order chi connectivity index (χ1) is 16.2. The molecule has 182 valence electrons. The number of carbonyl (C=O) groups is 2. The van der Waals surface area contributed by atoms with E-state index < -0.39 is 17.7 Å². The molecule has 0 aromatic heterocycles. The average Bonchev–Trinajstić information content (AvgIpc) is 3.07. The minimum Gasteiger partial charge on any atom is -0.507 e. The predicted molar refractivity (Wildman–Crippen MR) is 130 cm³/mol. The Morgan fingerprint density at radius 2 is 1.82 bits per heavy atom. The molecule has 2 aromatic carbocycles. The normalized spacial score (nSPS) is 17.5. The fraction of sp³-hybridized carbons (Fsp3) is 0.407. The number of hydrogen-bond acceptors (Lipinski definition) is 6. The van der Waals surface area contributed by atoms with Crippen LogP contribution in [0.25, 0.3) is 5.76 Å². The third-order valence-corrected chi connectivity index (χ3v) is 5.83.